The number of carbonyl (C=O) groups excluding carboxylic acids is 1. The van der Waals surface area contributed by atoms with Gasteiger partial charge in [-0.05, 0) is 50.2 Å². The number of hydrogen-bond donors (Lipinski definition) is 2. The van der Waals surface area contributed by atoms with E-state index >= 15 is 0 Å². The van der Waals surface area contributed by atoms with Crippen molar-refractivity contribution in [3.05, 3.63) is 57.9 Å². The summed E-state index contributed by atoms with van der Waals surface area (Å²) in [5, 5.41) is 6.30. The van der Waals surface area contributed by atoms with Gasteiger partial charge < -0.3 is 24.8 Å². The third-order valence-electron chi connectivity index (χ3n) is 6.97. The summed E-state index contributed by atoms with van der Waals surface area (Å²) in [6.45, 7) is 3.64. The van der Waals surface area contributed by atoms with E-state index in [1.165, 1.54) is 12.3 Å². The van der Waals surface area contributed by atoms with E-state index in [1.54, 1.807) is 10.6 Å². The smallest absolute Gasteiger partial charge is 0.269 e. The Labute approximate surface area is 219 Å². The number of nitrogens with one attached hydrogen (secondary N) is 2. The molecule has 1 fully saturated rings. The van der Waals surface area contributed by atoms with E-state index in [0.717, 1.165) is 38.2 Å². The van der Waals surface area contributed by atoms with Crippen molar-refractivity contribution >= 4 is 47.6 Å². The number of aromatic nitrogens is 3. The van der Waals surface area contributed by atoms with Gasteiger partial charge >= 0.3 is 0 Å². The lowest BCUT2D eigenvalue weighted by Crippen LogP contribution is -2.43. The Balaban J connectivity index is 0.00000152. The van der Waals surface area contributed by atoms with Gasteiger partial charge in [-0.3, -0.25) is 9.59 Å². The van der Waals surface area contributed by atoms with Gasteiger partial charge in [0.2, 0.25) is 0 Å². The minimum atomic E-state index is -0.258. The monoisotopic (exact) mass is 536 g/mol. The second kappa shape index (κ2) is 10.7. The predicted octanol–water partition coefficient (Wildman–Crippen LogP) is 2.46. The lowest BCUT2D eigenvalue weighted by molar-refractivity contribution is -0.118. The van der Waals surface area contributed by atoms with Gasteiger partial charge in [0.15, 0.2) is 18.2 Å². The fourth-order valence-corrected chi connectivity index (χ4v) is 5.28. The lowest BCUT2D eigenvalue weighted by Gasteiger charge is -2.34. The molecule has 0 spiro atoms. The molecule has 192 valence electrons. The van der Waals surface area contributed by atoms with Crippen LogP contribution in [0.2, 0.25) is 0 Å². The Kier molecular flexibility index (Phi) is 7.79. The molecular weight excluding hydrogens is 510 g/mol. The van der Waals surface area contributed by atoms with E-state index in [2.05, 4.69) is 25.5 Å². The predicted molar refractivity (Wildman–Crippen MR) is 138 cm³/mol. The number of benzene rings is 1. The van der Waals surface area contributed by atoms with E-state index < -0.39 is 0 Å². The molecule has 1 aromatic carbocycles. The highest BCUT2D eigenvalue weighted by atomic mass is 35.5. The van der Waals surface area contributed by atoms with Gasteiger partial charge in [0.1, 0.15) is 5.82 Å². The van der Waals surface area contributed by atoms with Gasteiger partial charge in [-0.2, -0.15) is 0 Å². The number of rotatable bonds is 5. The van der Waals surface area contributed by atoms with Crippen molar-refractivity contribution in [2.75, 3.05) is 31.6 Å². The van der Waals surface area contributed by atoms with Crippen LogP contribution in [0.3, 0.4) is 0 Å². The van der Waals surface area contributed by atoms with Crippen molar-refractivity contribution in [1.29, 1.82) is 0 Å². The third-order valence-corrected chi connectivity index (χ3v) is 6.97. The average Bonchev–Trinajstić information content (AvgIpc) is 3.23. The van der Waals surface area contributed by atoms with Gasteiger partial charge in [-0.25, -0.2) is 14.4 Å². The maximum atomic E-state index is 14.7. The molecule has 9 nitrogen and oxygen atoms in total. The average molecular weight is 537 g/mol. The lowest BCUT2D eigenvalue weighted by atomic mass is 9.97. The van der Waals surface area contributed by atoms with Crippen LogP contribution < -0.4 is 20.9 Å². The third kappa shape index (κ3) is 4.90. The zero-order valence-electron chi connectivity index (χ0n) is 19.4. The van der Waals surface area contributed by atoms with Gasteiger partial charge in [0.05, 0.1) is 22.9 Å². The molecule has 36 heavy (non-hydrogen) atoms. The molecule has 2 aromatic heterocycles. The zero-order valence-corrected chi connectivity index (χ0v) is 21.0. The first-order chi connectivity index (χ1) is 16.5. The SMILES string of the molecule is Cl.Cl.O=C1COc2ccc(CNC3CCN(CC4Cn5c(=O)cnc6ccc(F)c4c65)CC3)nc2N1. The van der Waals surface area contributed by atoms with E-state index in [9.17, 15) is 14.0 Å². The van der Waals surface area contributed by atoms with Gasteiger partial charge in [-0.15, -0.1) is 24.8 Å². The number of anilines is 1. The first-order valence-electron chi connectivity index (χ1n) is 11.6. The summed E-state index contributed by atoms with van der Waals surface area (Å²) in [6.07, 6.45) is 3.26. The number of hydrogen-bond acceptors (Lipinski definition) is 7. The molecule has 1 atom stereocenters. The molecule has 12 heteroatoms. The topological polar surface area (TPSA) is 101 Å². The van der Waals surface area contributed by atoms with Crippen LogP contribution in [0.25, 0.3) is 11.0 Å². The molecule has 3 aromatic rings. The number of fused-ring (bicyclic) bond motifs is 1. The van der Waals surface area contributed by atoms with Gasteiger partial charge in [0, 0.05) is 37.2 Å². The van der Waals surface area contributed by atoms with E-state index in [4.69, 9.17) is 4.74 Å². The van der Waals surface area contributed by atoms with Gasteiger partial charge in [0.25, 0.3) is 11.5 Å². The second-order valence-electron chi connectivity index (χ2n) is 9.17. The Morgan fingerprint density at radius 1 is 1.14 bits per heavy atom. The first-order valence-corrected chi connectivity index (χ1v) is 11.6. The molecule has 1 saturated heterocycles. The highest BCUT2D eigenvalue weighted by Gasteiger charge is 2.31. The standard InChI is InChI=1S/C24H25FN6O3.2ClH/c25-17-2-3-18-23-22(17)14(12-31(23)21(33)10-27-18)11-30-7-5-15(6-8-30)26-9-16-1-4-19-24(28-16)29-20(32)13-34-19;;/h1-4,10,14-15,26H,5-9,11-13H2,(H,28,29,32);2*1H. The van der Waals surface area contributed by atoms with Crippen molar-refractivity contribution < 1.29 is 13.9 Å². The summed E-state index contributed by atoms with van der Waals surface area (Å²) in [5.74, 6) is 0.560. The molecule has 5 heterocycles. The highest BCUT2D eigenvalue weighted by Crippen LogP contribution is 2.35. The largest absolute Gasteiger partial charge is 0.480 e. The normalized spacial score (nSPS) is 19.1. The molecule has 6 rings (SSSR count). The fourth-order valence-electron chi connectivity index (χ4n) is 5.28. The fraction of sp³-hybridized carbons (Fsp3) is 0.417. The minimum Gasteiger partial charge on any atom is -0.480 e. The summed E-state index contributed by atoms with van der Waals surface area (Å²) in [5.41, 5.74) is 2.61. The van der Waals surface area contributed by atoms with E-state index in [-0.39, 0.29) is 54.6 Å². The van der Waals surface area contributed by atoms with Crippen LogP contribution in [0.4, 0.5) is 10.2 Å². The molecule has 0 bridgehead atoms. The Morgan fingerprint density at radius 3 is 2.75 bits per heavy atom. The van der Waals surface area contributed by atoms with Crippen molar-refractivity contribution in [2.45, 2.75) is 37.9 Å². The first kappa shape index (κ1) is 26.3. The van der Waals surface area contributed by atoms with Crippen LogP contribution in [0, 0.1) is 5.82 Å². The molecular formula is C24H27Cl2FN6O3. The van der Waals surface area contributed by atoms with Crippen molar-refractivity contribution in [3.8, 4) is 5.75 Å². The summed E-state index contributed by atoms with van der Waals surface area (Å²) in [6, 6.07) is 7.19. The number of nitrogens with zero attached hydrogens (tertiary/aromatic N) is 4. The number of ether oxygens (including phenoxy) is 1. The van der Waals surface area contributed by atoms with Crippen molar-refractivity contribution in [1.82, 2.24) is 24.8 Å². The Morgan fingerprint density at radius 2 is 1.94 bits per heavy atom. The molecule has 3 aliphatic rings. The Bertz CT molecular complexity index is 1350. The quantitative estimate of drug-likeness (QED) is 0.516. The molecule has 1 amide bonds. The number of pyridine rings is 1. The van der Waals surface area contributed by atoms with Crippen LogP contribution >= 0.6 is 24.8 Å². The number of piperidine rings is 1. The summed E-state index contributed by atoms with van der Waals surface area (Å²) in [7, 11) is 0. The van der Waals surface area contributed by atoms with Crippen LogP contribution in [0.5, 0.6) is 5.75 Å². The van der Waals surface area contributed by atoms with Crippen LogP contribution in [-0.2, 0) is 17.9 Å². The van der Waals surface area contributed by atoms with E-state index in [0.29, 0.717) is 47.3 Å². The molecule has 2 N–H and O–H groups in total. The molecule has 0 aliphatic carbocycles. The summed E-state index contributed by atoms with van der Waals surface area (Å²) >= 11 is 0. The molecule has 1 unspecified atom stereocenters. The number of amides is 1. The molecule has 0 saturated carbocycles. The Hall–Kier alpha value is -2.79. The van der Waals surface area contributed by atoms with Crippen LogP contribution in [-0.4, -0.2) is 57.6 Å². The maximum absolute atomic E-state index is 14.7. The number of carbonyl (C=O) groups is 1. The van der Waals surface area contributed by atoms with Crippen molar-refractivity contribution in [3.63, 3.8) is 0 Å². The summed E-state index contributed by atoms with van der Waals surface area (Å²) < 4.78 is 21.8. The summed E-state index contributed by atoms with van der Waals surface area (Å²) in [4.78, 5) is 34.8. The van der Waals surface area contributed by atoms with Gasteiger partial charge in [-0.1, -0.05) is 0 Å². The zero-order chi connectivity index (χ0) is 23.2. The highest BCUT2D eigenvalue weighted by molar-refractivity contribution is 5.94. The molecule has 0 radical (unpaired) electrons. The minimum absolute atomic E-state index is 0. The van der Waals surface area contributed by atoms with E-state index in [1.807, 2.05) is 12.1 Å². The maximum Gasteiger partial charge on any atom is 0.269 e. The van der Waals surface area contributed by atoms with Crippen molar-refractivity contribution in [2.24, 2.45) is 0 Å². The number of halogens is 3. The van der Waals surface area contributed by atoms with Crippen LogP contribution in [0.15, 0.2) is 35.3 Å². The molecule has 3 aliphatic heterocycles. The second-order valence-corrected chi connectivity index (χ2v) is 9.17. The van der Waals surface area contributed by atoms with Crippen LogP contribution in [0.1, 0.15) is 30.0 Å². The number of likely N-dealkylation sites (tertiary alicyclic amines) is 1.